The van der Waals surface area contributed by atoms with Crippen LogP contribution in [0.15, 0.2) is 23.1 Å². The number of hydrogen-bond donors (Lipinski definition) is 1. The minimum absolute atomic E-state index is 0.195. The lowest BCUT2D eigenvalue weighted by atomic mass is 10.3. The third kappa shape index (κ3) is 3.40. The van der Waals surface area contributed by atoms with E-state index in [2.05, 4.69) is 5.32 Å². The van der Waals surface area contributed by atoms with Crippen molar-refractivity contribution in [3.63, 3.8) is 0 Å². The fourth-order valence-corrected chi connectivity index (χ4v) is 2.56. The zero-order valence-electron chi connectivity index (χ0n) is 10.8. The Balaban J connectivity index is 3.35. The number of likely N-dealkylation sites (N-methyl/N-ethyl adjacent to an activating group) is 2. The lowest BCUT2D eigenvalue weighted by Gasteiger charge is -2.22. The first-order valence-electron chi connectivity index (χ1n) is 5.58. The van der Waals surface area contributed by atoms with E-state index in [1.807, 2.05) is 0 Å². The van der Waals surface area contributed by atoms with Crippen molar-refractivity contribution < 1.29 is 26.0 Å². The third-order valence-corrected chi connectivity index (χ3v) is 4.14. The molecule has 20 heavy (non-hydrogen) atoms. The van der Waals surface area contributed by atoms with Crippen LogP contribution in [0.25, 0.3) is 0 Å². The first-order chi connectivity index (χ1) is 9.11. The Kier molecular flexibility index (Phi) is 4.98. The predicted molar refractivity (Wildman–Crippen MR) is 66.8 cm³/mol. The van der Waals surface area contributed by atoms with Crippen LogP contribution in [-0.2, 0) is 9.84 Å². The molecule has 0 amide bonds. The summed E-state index contributed by atoms with van der Waals surface area (Å²) in [5, 5.41) is 2.78. The molecule has 9 heteroatoms. The van der Waals surface area contributed by atoms with E-state index in [1.54, 1.807) is 7.05 Å². The van der Waals surface area contributed by atoms with Crippen molar-refractivity contribution in [2.45, 2.75) is 10.4 Å². The second kappa shape index (κ2) is 5.96. The molecule has 4 nitrogen and oxygen atoms in total. The summed E-state index contributed by atoms with van der Waals surface area (Å²) in [6.45, 7) is 0.696. The van der Waals surface area contributed by atoms with Crippen LogP contribution in [0.3, 0.4) is 0 Å². The maximum atomic E-state index is 13.1. The van der Waals surface area contributed by atoms with Gasteiger partial charge in [-0.25, -0.2) is 12.8 Å². The second-order valence-electron chi connectivity index (χ2n) is 4.09. The molecule has 1 aromatic rings. The highest BCUT2D eigenvalue weighted by Gasteiger charge is 2.48. The highest BCUT2D eigenvalue weighted by molar-refractivity contribution is 7.92. The maximum Gasteiger partial charge on any atom is 0.501 e. The molecule has 0 radical (unpaired) electrons. The Labute approximate surface area is 114 Å². The molecule has 0 atom stereocenters. The quantitative estimate of drug-likeness (QED) is 0.842. The van der Waals surface area contributed by atoms with Crippen molar-refractivity contribution in [1.82, 2.24) is 5.32 Å². The predicted octanol–water partition coefficient (Wildman–Crippen LogP) is 1.77. The van der Waals surface area contributed by atoms with Crippen molar-refractivity contribution in [3.05, 3.63) is 24.0 Å². The van der Waals surface area contributed by atoms with E-state index >= 15 is 0 Å². The molecule has 0 saturated carbocycles. The topological polar surface area (TPSA) is 49.4 Å². The average Bonchev–Trinajstić information content (AvgIpc) is 2.34. The maximum absolute atomic E-state index is 13.1. The number of nitrogens with one attached hydrogen (secondary N) is 1. The second-order valence-corrected chi connectivity index (χ2v) is 6.00. The molecule has 0 spiro atoms. The van der Waals surface area contributed by atoms with E-state index < -0.39 is 26.1 Å². The van der Waals surface area contributed by atoms with Gasteiger partial charge in [-0.1, -0.05) is 0 Å². The van der Waals surface area contributed by atoms with Gasteiger partial charge in [0.15, 0.2) is 0 Å². The van der Waals surface area contributed by atoms with Crippen LogP contribution in [0.4, 0.5) is 23.2 Å². The summed E-state index contributed by atoms with van der Waals surface area (Å²) >= 11 is 0. The van der Waals surface area contributed by atoms with Crippen molar-refractivity contribution in [1.29, 1.82) is 0 Å². The zero-order valence-corrected chi connectivity index (χ0v) is 11.6. The molecule has 0 aliphatic heterocycles. The normalized spacial score (nSPS) is 12.5. The van der Waals surface area contributed by atoms with Gasteiger partial charge in [0.25, 0.3) is 9.84 Å². The highest BCUT2D eigenvalue weighted by Crippen LogP contribution is 2.35. The summed E-state index contributed by atoms with van der Waals surface area (Å²) in [5.74, 6) is -1.04. The Hall–Kier alpha value is -1.35. The van der Waals surface area contributed by atoms with Gasteiger partial charge in [0.05, 0.1) is 5.69 Å². The largest absolute Gasteiger partial charge is 0.501 e. The van der Waals surface area contributed by atoms with Crippen LogP contribution < -0.4 is 10.2 Å². The van der Waals surface area contributed by atoms with Gasteiger partial charge in [0.2, 0.25) is 0 Å². The lowest BCUT2D eigenvalue weighted by molar-refractivity contribution is -0.0435. The molecule has 0 saturated heterocycles. The third-order valence-electron chi connectivity index (χ3n) is 2.62. The number of sulfone groups is 1. The average molecular weight is 314 g/mol. The summed E-state index contributed by atoms with van der Waals surface area (Å²) < 4.78 is 73.9. The molecule has 0 unspecified atom stereocenters. The van der Waals surface area contributed by atoms with Gasteiger partial charge in [0, 0.05) is 20.1 Å². The summed E-state index contributed by atoms with van der Waals surface area (Å²) in [6.07, 6.45) is 0. The minimum Gasteiger partial charge on any atom is -0.372 e. The van der Waals surface area contributed by atoms with Crippen molar-refractivity contribution in [3.8, 4) is 0 Å². The van der Waals surface area contributed by atoms with Gasteiger partial charge < -0.3 is 10.2 Å². The van der Waals surface area contributed by atoms with Crippen LogP contribution in [0.2, 0.25) is 0 Å². The van der Waals surface area contributed by atoms with E-state index in [4.69, 9.17) is 0 Å². The number of anilines is 1. The summed E-state index contributed by atoms with van der Waals surface area (Å²) in [5.41, 5.74) is -5.67. The minimum atomic E-state index is -5.60. The molecular formula is C11H14F4N2O2S. The summed E-state index contributed by atoms with van der Waals surface area (Å²) in [7, 11) is -2.53. The number of rotatable bonds is 5. The molecule has 0 aliphatic carbocycles. The van der Waals surface area contributed by atoms with E-state index in [0.29, 0.717) is 12.6 Å². The molecule has 0 aromatic heterocycles. The molecular weight excluding hydrogens is 300 g/mol. The van der Waals surface area contributed by atoms with E-state index in [0.717, 1.165) is 12.1 Å². The zero-order chi connectivity index (χ0) is 15.6. The molecule has 0 fully saturated rings. The molecule has 0 bridgehead atoms. The highest BCUT2D eigenvalue weighted by atomic mass is 32.2. The Morgan fingerprint density at radius 2 is 1.90 bits per heavy atom. The number of benzene rings is 1. The van der Waals surface area contributed by atoms with Gasteiger partial charge in [0.1, 0.15) is 10.7 Å². The van der Waals surface area contributed by atoms with E-state index in [-0.39, 0.29) is 12.2 Å². The van der Waals surface area contributed by atoms with Crippen LogP contribution >= 0.6 is 0 Å². The van der Waals surface area contributed by atoms with Crippen molar-refractivity contribution in [2.75, 3.05) is 32.1 Å². The lowest BCUT2D eigenvalue weighted by Crippen LogP contribution is -2.30. The van der Waals surface area contributed by atoms with Crippen molar-refractivity contribution in [2.24, 2.45) is 0 Å². The molecule has 0 aliphatic rings. The number of halogens is 4. The van der Waals surface area contributed by atoms with E-state index in [1.165, 1.54) is 11.9 Å². The molecule has 1 rings (SSSR count). The molecule has 1 N–H and O–H groups in total. The van der Waals surface area contributed by atoms with Gasteiger partial charge in [-0.3, -0.25) is 0 Å². The summed E-state index contributed by atoms with van der Waals surface area (Å²) in [4.78, 5) is 0.234. The van der Waals surface area contributed by atoms with Gasteiger partial charge in [-0.2, -0.15) is 13.2 Å². The molecule has 114 valence electrons. The van der Waals surface area contributed by atoms with E-state index in [9.17, 15) is 26.0 Å². The standard InChI is InChI=1S/C11H14F4N2O2S/c1-16-5-6-17(2)9-4-3-8(12)7-10(9)20(18,19)11(13,14)15/h3-4,7,16H,5-6H2,1-2H3. The SMILES string of the molecule is CNCCN(C)c1ccc(F)cc1S(=O)(=O)C(F)(F)F. The fraction of sp³-hybridized carbons (Fsp3) is 0.455. The van der Waals surface area contributed by atoms with Gasteiger partial charge in [-0.15, -0.1) is 0 Å². The Morgan fingerprint density at radius 1 is 1.30 bits per heavy atom. The number of alkyl halides is 3. The van der Waals surface area contributed by atoms with Crippen LogP contribution in [0.1, 0.15) is 0 Å². The Morgan fingerprint density at radius 3 is 2.40 bits per heavy atom. The van der Waals surface area contributed by atoms with Crippen LogP contribution in [0.5, 0.6) is 0 Å². The number of hydrogen-bond acceptors (Lipinski definition) is 4. The van der Waals surface area contributed by atoms with Crippen LogP contribution in [-0.4, -0.2) is 41.1 Å². The first-order valence-corrected chi connectivity index (χ1v) is 7.06. The molecule has 0 heterocycles. The van der Waals surface area contributed by atoms with Crippen LogP contribution in [0, 0.1) is 5.82 Å². The fourth-order valence-electron chi connectivity index (χ4n) is 1.54. The van der Waals surface area contributed by atoms with Crippen molar-refractivity contribution >= 4 is 15.5 Å². The van der Waals surface area contributed by atoms with Gasteiger partial charge >= 0.3 is 5.51 Å². The summed E-state index contributed by atoms with van der Waals surface area (Å²) in [6, 6.07) is 2.32. The first kappa shape index (κ1) is 16.7. The molecule has 1 aromatic carbocycles. The Bertz CT molecular complexity index is 572. The monoisotopic (exact) mass is 314 g/mol. The van der Waals surface area contributed by atoms with Gasteiger partial charge in [-0.05, 0) is 25.2 Å². The smallest absolute Gasteiger partial charge is 0.372 e. The number of nitrogens with zero attached hydrogens (tertiary/aromatic N) is 1.